The van der Waals surface area contributed by atoms with Gasteiger partial charge in [-0.1, -0.05) is 32.9 Å². The third-order valence-corrected chi connectivity index (χ3v) is 3.17. The van der Waals surface area contributed by atoms with Gasteiger partial charge >= 0.3 is 5.97 Å². The van der Waals surface area contributed by atoms with Crippen molar-refractivity contribution in [2.24, 2.45) is 5.92 Å². The van der Waals surface area contributed by atoms with E-state index in [9.17, 15) is 4.79 Å². The molecule has 0 aliphatic carbocycles. The molecule has 1 aromatic rings. The molecule has 1 aromatic carbocycles. The smallest absolute Gasteiger partial charge is 0.306 e. The molecule has 0 amide bonds. The molecule has 106 valence electrons. The predicted octanol–water partition coefficient (Wildman–Crippen LogP) is 3.74. The lowest BCUT2D eigenvalue weighted by Crippen LogP contribution is -2.10. The van der Waals surface area contributed by atoms with Crippen LogP contribution in [0.2, 0.25) is 0 Å². The summed E-state index contributed by atoms with van der Waals surface area (Å²) in [5.41, 5.74) is 7.50. The van der Waals surface area contributed by atoms with Gasteiger partial charge in [0, 0.05) is 5.69 Å². The molecule has 0 fully saturated rings. The monoisotopic (exact) mass is 263 g/mol. The van der Waals surface area contributed by atoms with Crippen LogP contribution in [0.3, 0.4) is 0 Å². The van der Waals surface area contributed by atoms with E-state index in [2.05, 4.69) is 13.8 Å². The van der Waals surface area contributed by atoms with E-state index in [1.165, 1.54) is 0 Å². The number of rotatable bonds is 7. The number of esters is 1. The normalized spacial score (nSPS) is 12.4. The van der Waals surface area contributed by atoms with Crippen molar-refractivity contribution in [3.63, 3.8) is 0 Å². The predicted molar refractivity (Wildman–Crippen MR) is 78.9 cm³/mol. The molecule has 1 unspecified atom stereocenters. The van der Waals surface area contributed by atoms with Crippen molar-refractivity contribution in [3.05, 3.63) is 29.8 Å². The fourth-order valence-corrected chi connectivity index (χ4v) is 1.93. The maximum absolute atomic E-state index is 11.7. The van der Waals surface area contributed by atoms with Crippen LogP contribution in [0.4, 0.5) is 5.69 Å². The average Bonchev–Trinajstić information content (AvgIpc) is 2.35. The lowest BCUT2D eigenvalue weighted by atomic mass is 9.98. The molecule has 0 spiro atoms. The number of benzene rings is 1. The van der Waals surface area contributed by atoms with Gasteiger partial charge < -0.3 is 10.5 Å². The van der Waals surface area contributed by atoms with Crippen molar-refractivity contribution < 1.29 is 9.53 Å². The first-order chi connectivity index (χ1) is 8.99. The standard InChI is InChI=1S/C16H25NO2/c1-12(2)5-4-10-19-16(18)11-13(3)14-6-8-15(17)9-7-14/h6-9,12-13H,4-5,10-11,17H2,1-3H3. The van der Waals surface area contributed by atoms with Crippen molar-refractivity contribution in [1.29, 1.82) is 0 Å². The zero-order chi connectivity index (χ0) is 14.3. The summed E-state index contributed by atoms with van der Waals surface area (Å²) in [5.74, 6) is 0.707. The highest BCUT2D eigenvalue weighted by Crippen LogP contribution is 2.20. The Bertz CT molecular complexity index is 384. The van der Waals surface area contributed by atoms with E-state index in [0.717, 1.165) is 24.1 Å². The number of ether oxygens (including phenoxy) is 1. The van der Waals surface area contributed by atoms with Gasteiger partial charge in [0.25, 0.3) is 0 Å². The molecule has 0 aliphatic heterocycles. The highest BCUT2D eigenvalue weighted by atomic mass is 16.5. The van der Waals surface area contributed by atoms with Crippen LogP contribution in [0, 0.1) is 5.92 Å². The molecular formula is C16H25NO2. The quantitative estimate of drug-likeness (QED) is 0.463. The molecule has 0 aromatic heterocycles. The SMILES string of the molecule is CC(C)CCCOC(=O)CC(C)c1ccc(N)cc1. The van der Waals surface area contributed by atoms with Gasteiger partial charge in [0.1, 0.15) is 0 Å². The number of hydrogen-bond donors (Lipinski definition) is 1. The Hall–Kier alpha value is -1.51. The third-order valence-electron chi connectivity index (χ3n) is 3.17. The van der Waals surface area contributed by atoms with Crippen LogP contribution < -0.4 is 5.73 Å². The van der Waals surface area contributed by atoms with Crippen molar-refractivity contribution in [2.75, 3.05) is 12.3 Å². The summed E-state index contributed by atoms with van der Waals surface area (Å²) in [6.45, 7) is 6.91. The Morgan fingerprint density at radius 3 is 2.42 bits per heavy atom. The number of anilines is 1. The van der Waals surface area contributed by atoms with E-state index < -0.39 is 0 Å². The molecule has 3 nitrogen and oxygen atoms in total. The summed E-state index contributed by atoms with van der Waals surface area (Å²) >= 11 is 0. The number of hydrogen-bond acceptors (Lipinski definition) is 3. The van der Waals surface area contributed by atoms with Gasteiger partial charge in [0.2, 0.25) is 0 Å². The molecule has 0 aliphatic rings. The van der Waals surface area contributed by atoms with Gasteiger partial charge in [-0.3, -0.25) is 4.79 Å². The van der Waals surface area contributed by atoms with E-state index in [1.807, 2.05) is 31.2 Å². The first-order valence-electron chi connectivity index (χ1n) is 7.00. The second-order valence-electron chi connectivity index (χ2n) is 5.53. The van der Waals surface area contributed by atoms with Crippen LogP contribution in [0.15, 0.2) is 24.3 Å². The van der Waals surface area contributed by atoms with Crippen molar-refractivity contribution >= 4 is 11.7 Å². The second-order valence-corrected chi connectivity index (χ2v) is 5.53. The summed E-state index contributed by atoms with van der Waals surface area (Å²) in [6, 6.07) is 7.65. The van der Waals surface area contributed by atoms with Crippen LogP contribution in [-0.2, 0) is 9.53 Å². The van der Waals surface area contributed by atoms with Crippen molar-refractivity contribution in [3.8, 4) is 0 Å². The lowest BCUT2D eigenvalue weighted by Gasteiger charge is -2.12. The van der Waals surface area contributed by atoms with Crippen LogP contribution in [0.25, 0.3) is 0 Å². The maximum Gasteiger partial charge on any atom is 0.306 e. The molecule has 0 saturated heterocycles. The highest BCUT2D eigenvalue weighted by Gasteiger charge is 2.12. The van der Waals surface area contributed by atoms with Crippen molar-refractivity contribution in [2.45, 2.75) is 46.0 Å². The zero-order valence-electron chi connectivity index (χ0n) is 12.2. The molecule has 0 bridgehead atoms. The maximum atomic E-state index is 11.7. The Morgan fingerprint density at radius 1 is 1.21 bits per heavy atom. The Labute approximate surface area is 116 Å². The molecule has 0 saturated carbocycles. The summed E-state index contributed by atoms with van der Waals surface area (Å²) in [6.07, 6.45) is 2.46. The first kappa shape index (κ1) is 15.5. The molecule has 1 atom stereocenters. The fourth-order valence-electron chi connectivity index (χ4n) is 1.93. The molecule has 1 rings (SSSR count). The fraction of sp³-hybridized carbons (Fsp3) is 0.562. The molecule has 0 radical (unpaired) electrons. The van der Waals surface area contributed by atoms with E-state index in [0.29, 0.717) is 18.9 Å². The summed E-state index contributed by atoms with van der Waals surface area (Å²) in [7, 11) is 0. The molecule has 19 heavy (non-hydrogen) atoms. The Morgan fingerprint density at radius 2 is 1.84 bits per heavy atom. The molecular weight excluding hydrogens is 238 g/mol. The molecule has 0 heterocycles. The second kappa shape index (κ2) is 7.82. The molecule has 3 heteroatoms. The zero-order valence-corrected chi connectivity index (χ0v) is 12.2. The summed E-state index contributed by atoms with van der Waals surface area (Å²) in [5, 5.41) is 0. The number of nitrogen functional groups attached to an aromatic ring is 1. The van der Waals surface area contributed by atoms with Gasteiger partial charge in [-0.2, -0.15) is 0 Å². The van der Waals surface area contributed by atoms with Gasteiger partial charge in [0.05, 0.1) is 13.0 Å². The van der Waals surface area contributed by atoms with Gasteiger partial charge in [-0.25, -0.2) is 0 Å². The summed E-state index contributed by atoms with van der Waals surface area (Å²) in [4.78, 5) is 11.7. The van der Waals surface area contributed by atoms with Gasteiger partial charge in [0.15, 0.2) is 0 Å². The Kier molecular flexibility index (Phi) is 6.40. The largest absolute Gasteiger partial charge is 0.466 e. The van der Waals surface area contributed by atoms with Crippen molar-refractivity contribution in [1.82, 2.24) is 0 Å². The van der Waals surface area contributed by atoms with Crippen LogP contribution >= 0.6 is 0 Å². The number of carbonyl (C=O) groups is 1. The number of carbonyl (C=O) groups excluding carboxylic acids is 1. The lowest BCUT2D eigenvalue weighted by molar-refractivity contribution is -0.144. The molecule has 2 N–H and O–H groups in total. The van der Waals surface area contributed by atoms with Crippen LogP contribution in [0.1, 0.15) is 51.5 Å². The highest BCUT2D eigenvalue weighted by molar-refractivity contribution is 5.70. The van der Waals surface area contributed by atoms with E-state index in [4.69, 9.17) is 10.5 Å². The minimum absolute atomic E-state index is 0.118. The first-order valence-corrected chi connectivity index (χ1v) is 7.00. The van der Waals surface area contributed by atoms with E-state index in [-0.39, 0.29) is 11.9 Å². The van der Waals surface area contributed by atoms with Gasteiger partial charge in [-0.15, -0.1) is 0 Å². The van der Waals surface area contributed by atoms with E-state index in [1.54, 1.807) is 0 Å². The average molecular weight is 263 g/mol. The minimum Gasteiger partial charge on any atom is -0.466 e. The Balaban J connectivity index is 2.29. The van der Waals surface area contributed by atoms with E-state index >= 15 is 0 Å². The van der Waals surface area contributed by atoms with Crippen LogP contribution in [0.5, 0.6) is 0 Å². The number of nitrogens with two attached hydrogens (primary N) is 1. The summed E-state index contributed by atoms with van der Waals surface area (Å²) < 4.78 is 5.24. The minimum atomic E-state index is -0.118. The van der Waals surface area contributed by atoms with Gasteiger partial charge in [-0.05, 0) is 42.4 Å². The third kappa shape index (κ3) is 6.27. The van der Waals surface area contributed by atoms with Crippen LogP contribution in [-0.4, -0.2) is 12.6 Å². The topological polar surface area (TPSA) is 52.3 Å².